The number of aromatic hydroxyl groups is 1. The standard InChI is InChI=1S/C38H35N9O3/c48-38-29(23-45(25-32-9-1-5-17-39-32)26-33-10-2-6-18-40-33)21-36(44-43-31-13-15-37(16-14-31)47(49)50)22-30(38)24-46(27-34-11-3-7-19-41-34)28-35-12-4-8-20-42-35/h1-22,48H,23-28H2/b44-43+. The van der Waals surface area contributed by atoms with Gasteiger partial charge in [0.15, 0.2) is 0 Å². The van der Waals surface area contributed by atoms with Crippen molar-refractivity contribution in [2.24, 2.45) is 10.2 Å². The molecule has 4 aromatic heterocycles. The van der Waals surface area contributed by atoms with Gasteiger partial charge in [-0.25, -0.2) is 0 Å². The minimum absolute atomic E-state index is 0.0278. The molecule has 4 heterocycles. The van der Waals surface area contributed by atoms with Crippen LogP contribution in [0, 0.1) is 10.1 Å². The summed E-state index contributed by atoms with van der Waals surface area (Å²) in [5.74, 6) is 0.151. The van der Waals surface area contributed by atoms with Crippen molar-refractivity contribution in [3.05, 3.63) is 178 Å². The van der Waals surface area contributed by atoms with Crippen molar-refractivity contribution in [1.82, 2.24) is 29.7 Å². The van der Waals surface area contributed by atoms with E-state index in [1.807, 2.05) is 84.9 Å². The van der Waals surface area contributed by atoms with Gasteiger partial charge >= 0.3 is 0 Å². The van der Waals surface area contributed by atoms with E-state index >= 15 is 0 Å². The molecule has 50 heavy (non-hydrogen) atoms. The summed E-state index contributed by atoms with van der Waals surface area (Å²) in [7, 11) is 0. The second-order valence-corrected chi connectivity index (χ2v) is 11.7. The Morgan fingerprint density at radius 2 is 0.920 bits per heavy atom. The highest BCUT2D eigenvalue weighted by Crippen LogP contribution is 2.33. The molecule has 0 radical (unpaired) electrons. The Bertz CT molecular complexity index is 1810. The van der Waals surface area contributed by atoms with E-state index in [2.05, 4.69) is 40.0 Å². The third kappa shape index (κ3) is 9.66. The third-order valence-electron chi connectivity index (χ3n) is 7.83. The van der Waals surface area contributed by atoms with E-state index in [1.54, 1.807) is 36.9 Å². The molecule has 0 unspecified atom stereocenters. The number of rotatable bonds is 15. The van der Waals surface area contributed by atoms with Gasteiger partial charge in [0.05, 0.1) is 39.1 Å². The number of non-ortho nitro benzene ring substituents is 1. The number of hydrogen-bond acceptors (Lipinski definition) is 11. The van der Waals surface area contributed by atoms with Gasteiger partial charge in [0.25, 0.3) is 5.69 Å². The van der Waals surface area contributed by atoms with Gasteiger partial charge in [-0.1, -0.05) is 24.3 Å². The van der Waals surface area contributed by atoms with Crippen molar-refractivity contribution in [2.45, 2.75) is 39.3 Å². The Kier molecular flexibility index (Phi) is 11.3. The van der Waals surface area contributed by atoms with Crippen LogP contribution in [-0.4, -0.2) is 39.8 Å². The van der Waals surface area contributed by atoms with Gasteiger partial charge in [-0.2, -0.15) is 10.2 Å². The number of phenolic OH excluding ortho intramolecular Hbond substituents is 1. The van der Waals surface area contributed by atoms with Crippen LogP contribution < -0.4 is 0 Å². The van der Waals surface area contributed by atoms with E-state index < -0.39 is 4.92 Å². The molecule has 12 heteroatoms. The fraction of sp³-hybridized carbons (Fsp3) is 0.158. The lowest BCUT2D eigenvalue weighted by Gasteiger charge is -2.25. The average molecular weight is 666 g/mol. The quantitative estimate of drug-likeness (QED) is 0.0662. The highest BCUT2D eigenvalue weighted by Gasteiger charge is 2.19. The van der Waals surface area contributed by atoms with Gasteiger partial charge in [-0.15, -0.1) is 0 Å². The Hall–Kier alpha value is -6.24. The summed E-state index contributed by atoms with van der Waals surface area (Å²) in [6.45, 7) is 2.82. The van der Waals surface area contributed by atoms with Gasteiger partial charge < -0.3 is 5.11 Å². The monoisotopic (exact) mass is 665 g/mol. The molecule has 0 aliphatic rings. The van der Waals surface area contributed by atoms with Crippen LogP contribution in [0.2, 0.25) is 0 Å². The van der Waals surface area contributed by atoms with E-state index in [1.165, 1.54) is 12.1 Å². The Balaban J connectivity index is 1.36. The van der Waals surface area contributed by atoms with Gasteiger partial charge in [-0.3, -0.25) is 39.9 Å². The van der Waals surface area contributed by atoms with Gasteiger partial charge in [-0.05, 0) is 72.8 Å². The fourth-order valence-electron chi connectivity index (χ4n) is 5.50. The van der Waals surface area contributed by atoms with Crippen molar-refractivity contribution < 1.29 is 10.0 Å². The molecule has 1 N–H and O–H groups in total. The molecule has 0 aliphatic heterocycles. The maximum absolute atomic E-state index is 11.9. The Labute approximate surface area is 289 Å². The number of aromatic nitrogens is 4. The van der Waals surface area contributed by atoms with Crippen LogP contribution in [-0.2, 0) is 39.3 Å². The van der Waals surface area contributed by atoms with Crippen molar-refractivity contribution in [1.29, 1.82) is 0 Å². The second kappa shape index (κ2) is 16.7. The second-order valence-electron chi connectivity index (χ2n) is 11.7. The number of pyridine rings is 4. The number of azo groups is 1. The van der Waals surface area contributed by atoms with E-state index in [-0.39, 0.29) is 11.4 Å². The predicted molar refractivity (Wildman–Crippen MR) is 188 cm³/mol. The Morgan fingerprint density at radius 3 is 1.26 bits per heavy atom. The first-order chi connectivity index (χ1) is 24.5. The molecular weight excluding hydrogens is 630 g/mol. The average Bonchev–Trinajstić information content (AvgIpc) is 3.14. The minimum Gasteiger partial charge on any atom is -0.507 e. The fourth-order valence-corrected chi connectivity index (χ4v) is 5.50. The zero-order chi connectivity index (χ0) is 34.5. The molecule has 0 aliphatic carbocycles. The number of hydrogen-bond donors (Lipinski definition) is 1. The number of nitro benzene ring substituents is 1. The maximum Gasteiger partial charge on any atom is 0.269 e. The highest BCUT2D eigenvalue weighted by atomic mass is 16.6. The van der Waals surface area contributed by atoms with Gasteiger partial charge in [0.2, 0.25) is 0 Å². The SMILES string of the molecule is O=[N+]([O-])c1ccc(/N=N/c2cc(CN(Cc3ccccn3)Cc3ccccn3)c(O)c(CN(Cc3ccccn3)Cc3ccccn3)c2)cc1. The summed E-state index contributed by atoms with van der Waals surface area (Å²) < 4.78 is 0. The van der Waals surface area contributed by atoms with Gasteiger partial charge in [0, 0.05) is 87.3 Å². The lowest BCUT2D eigenvalue weighted by molar-refractivity contribution is -0.384. The molecule has 6 rings (SSSR count). The lowest BCUT2D eigenvalue weighted by Crippen LogP contribution is -2.25. The molecule has 0 spiro atoms. The summed E-state index contributed by atoms with van der Waals surface area (Å²) in [6, 6.07) is 32.7. The number of benzene rings is 2. The molecule has 0 atom stereocenters. The lowest BCUT2D eigenvalue weighted by atomic mass is 10.0. The van der Waals surface area contributed by atoms with Crippen LogP contribution in [0.5, 0.6) is 5.75 Å². The van der Waals surface area contributed by atoms with Crippen molar-refractivity contribution in [3.63, 3.8) is 0 Å². The minimum atomic E-state index is -0.456. The molecule has 0 bridgehead atoms. The van der Waals surface area contributed by atoms with Crippen molar-refractivity contribution in [3.8, 4) is 5.75 Å². The molecule has 250 valence electrons. The molecule has 0 saturated carbocycles. The number of phenols is 1. The molecule has 6 aromatic rings. The summed E-state index contributed by atoms with van der Waals surface area (Å²) in [6.07, 6.45) is 7.06. The van der Waals surface area contributed by atoms with Crippen LogP contribution in [0.1, 0.15) is 33.9 Å². The third-order valence-corrected chi connectivity index (χ3v) is 7.83. The number of nitro groups is 1. The molecule has 0 amide bonds. The van der Waals surface area contributed by atoms with E-state index in [0.717, 1.165) is 22.8 Å². The Morgan fingerprint density at radius 1 is 0.540 bits per heavy atom. The topological polar surface area (TPSA) is 146 Å². The summed E-state index contributed by atoms with van der Waals surface area (Å²) in [4.78, 5) is 33.2. The first-order valence-corrected chi connectivity index (χ1v) is 16.0. The molecular formula is C38H35N9O3. The van der Waals surface area contributed by atoms with Crippen LogP contribution >= 0.6 is 0 Å². The summed E-state index contributed by atoms with van der Waals surface area (Å²) in [5, 5.41) is 31.9. The van der Waals surface area contributed by atoms with E-state index in [0.29, 0.717) is 61.8 Å². The normalized spacial score (nSPS) is 11.4. The summed E-state index contributed by atoms with van der Waals surface area (Å²) >= 11 is 0. The van der Waals surface area contributed by atoms with E-state index in [9.17, 15) is 15.2 Å². The zero-order valence-corrected chi connectivity index (χ0v) is 27.2. The van der Waals surface area contributed by atoms with Crippen molar-refractivity contribution >= 4 is 17.1 Å². The molecule has 0 saturated heterocycles. The first-order valence-electron chi connectivity index (χ1n) is 16.0. The number of nitrogens with zero attached hydrogens (tertiary/aromatic N) is 9. The van der Waals surface area contributed by atoms with Crippen molar-refractivity contribution in [2.75, 3.05) is 0 Å². The maximum atomic E-state index is 11.9. The molecule has 0 fully saturated rings. The smallest absolute Gasteiger partial charge is 0.269 e. The van der Waals surface area contributed by atoms with E-state index in [4.69, 9.17) is 0 Å². The van der Waals surface area contributed by atoms with Crippen LogP contribution in [0.4, 0.5) is 17.1 Å². The molecule has 2 aromatic carbocycles. The zero-order valence-electron chi connectivity index (χ0n) is 27.2. The van der Waals surface area contributed by atoms with Crippen LogP contribution in [0.15, 0.2) is 144 Å². The first kappa shape index (κ1) is 33.7. The molecule has 12 nitrogen and oxygen atoms in total. The van der Waals surface area contributed by atoms with Crippen LogP contribution in [0.3, 0.4) is 0 Å². The predicted octanol–water partition coefficient (Wildman–Crippen LogP) is 7.70. The van der Waals surface area contributed by atoms with Crippen LogP contribution in [0.25, 0.3) is 0 Å². The highest BCUT2D eigenvalue weighted by molar-refractivity contribution is 5.53. The summed E-state index contributed by atoms with van der Waals surface area (Å²) in [5.41, 5.74) is 5.81. The van der Waals surface area contributed by atoms with Gasteiger partial charge in [0.1, 0.15) is 5.75 Å². The largest absolute Gasteiger partial charge is 0.507 e.